The Hall–Kier alpha value is -1.33. The summed E-state index contributed by atoms with van der Waals surface area (Å²) in [6, 6.07) is 0. The van der Waals surface area contributed by atoms with Crippen molar-refractivity contribution in [1.82, 2.24) is 0 Å². The maximum Gasteiger partial charge on any atom is 0.335 e. The Kier molecular flexibility index (Phi) is 6.80. The first-order valence-electron chi connectivity index (χ1n) is 10.0. The topological polar surface area (TPSA) is 44.8 Å². The van der Waals surface area contributed by atoms with Crippen LogP contribution >= 0.6 is 0 Å². The van der Waals surface area contributed by atoms with Crippen molar-refractivity contribution in [2.24, 2.45) is 5.92 Å². The fraction of sp³-hybridized carbons (Fsp3) is 0.682. The average Bonchev–Trinajstić information content (AvgIpc) is 2.85. The number of carbonyl (C=O) groups is 1. The summed E-state index contributed by atoms with van der Waals surface area (Å²) in [7, 11) is -1.85. The van der Waals surface area contributed by atoms with Gasteiger partial charge in [0.1, 0.15) is 5.76 Å². The molecule has 0 N–H and O–H groups in total. The van der Waals surface area contributed by atoms with Gasteiger partial charge in [-0.2, -0.15) is 0 Å². The van der Waals surface area contributed by atoms with Crippen molar-refractivity contribution in [3.05, 3.63) is 36.6 Å². The Morgan fingerprint density at radius 1 is 1.41 bits per heavy atom. The zero-order valence-corrected chi connectivity index (χ0v) is 18.8. The van der Waals surface area contributed by atoms with Crippen molar-refractivity contribution >= 4 is 14.3 Å². The predicted molar refractivity (Wildman–Crippen MR) is 112 cm³/mol. The van der Waals surface area contributed by atoms with Gasteiger partial charge in [-0.05, 0) is 50.7 Å². The lowest BCUT2D eigenvalue weighted by atomic mass is 9.93. The van der Waals surface area contributed by atoms with E-state index in [4.69, 9.17) is 13.9 Å². The molecule has 27 heavy (non-hydrogen) atoms. The van der Waals surface area contributed by atoms with E-state index in [9.17, 15) is 4.79 Å². The highest BCUT2D eigenvalue weighted by Crippen LogP contribution is 2.40. The lowest BCUT2D eigenvalue weighted by molar-refractivity contribution is -0.147. The molecule has 2 aliphatic rings. The van der Waals surface area contributed by atoms with Crippen LogP contribution in [0.5, 0.6) is 0 Å². The van der Waals surface area contributed by atoms with Crippen molar-refractivity contribution < 1.29 is 18.7 Å². The molecule has 4 nitrogen and oxygen atoms in total. The second-order valence-electron chi connectivity index (χ2n) is 9.38. The van der Waals surface area contributed by atoms with E-state index in [1.165, 1.54) is 6.08 Å². The van der Waals surface area contributed by atoms with Crippen molar-refractivity contribution in [3.8, 4) is 0 Å². The standard InChI is InChI=1S/C22H36O4Si/c1-8-9-14-22(5)19(15-20(23)25-22)24-16-17-12-10-11-13-18(17)26-27(6,7)21(2,3)4/h8,10,12,15,17-18H,1,9,11,13-14,16H2,2-7H3/t17-,18-,22-/m1/s1. The molecule has 0 aromatic rings. The molecule has 0 aromatic heterocycles. The predicted octanol–water partition coefficient (Wildman–Crippen LogP) is 5.53. The quantitative estimate of drug-likeness (QED) is 0.310. The molecule has 0 amide bonds. The summed E-state index contributed by atoms with van der Waals surface area (Å²) in [6.45, 7) is 17.5. The summed E-state index contributed by atoms with van der Waals surface area (Å²) >= 11 is 0. The molecule has 2 rings (SSSR count). The van der Waals surface area contributed by atoms with Crippen molar-refractivity contribution in [1.29, 1.82) is 0 Å². The van der Waals surface area contributed by atoms with Crippen LogP contribution in [0.3, 0.4) is 0 Å². The molecule has 0 fully saturated rings. The van der Waals surface area contributed by atoms with E-state index in [-0.39, 0.29) is 23.0 Å². The molecule has 5 heteroatoms. The van der Waals surface area contributed by atoms with Gasteiger partial charge in [0.2, 0.25) is 0 Å². The summed E-state index contributed by atoms with van der Waals surface area (Å²) in [5.41, 5.74) is -0.695. The monoisotopic (exact) mass is 392 g/mol. The van der Waals surface area contributed by atoms with Crippen LogP contribution in [-0.2, 0) is 18.7 Å². The molecule has 0 unspecified atom stereocenters. The lowest BCUT2D eigenvalue weighted by Gasteiger charge is -2.42. The van der Waals surface area contributed by atoms with Gasteiger partial charge in [-0.1, -0.05) is 39.0 Å². The largest absolute Gasteiger partial charge is 0.493 e. The first kappa shape index (κ1) is 22.0. The van der Waals surface area contributed by atoms with E-state index in [0.717, 1.165) is 19.3 Å². The number of hydrogen-bond donors (Lipinski definition) is 0. The van der Waals surface area contributed by atoms with Crippen LogP contribution in [0.25, 0.3) is 0 Å². The Labute approximate surface area is 165 Å². The molecule has 0 radical (unpaired) electrons. The summed E-state index contributed by atoms with van der Waals surface area (Å²) in [5, 5.41) is 0.178. The van der Waals surface area contributed by atoms with Crippen molar-refractivity contribution in [2.45, 2.75) is 83.2 Å². The van der Waals surface area contributed by atoms with Crippen LogP contribution in [0.4, 0.5) is 0 Å². The zero-order valence-electron chi connectivity index (χ0n) is 17.8. The van der Waals surface area contributed by atoms with Gasteiger partial charge in [0.05, 0.1) is 18.8 Å². The zero-order chi connectivity index (χ0) is 20.3. The molecule has 3 atom stereocenters. The smallest absolute Gasteiger partial charge is 0.335 e. The molecule has 152 valence electrons. The number of rotatable bonds is 8. The van der Waals surface area contributed by atoms with Gasteiger partial charge in [-0.25, -0.2) is 4.79 Å². The Bertz CT molecular complexity index is 614. The fourth-order valence-corrected chi connectivity index (χ4v) is 4.63. The number of carbonyl (C=O) groups excluding carboxylic acids is 1. The van der Waals surface area contributed by atoms with Gasteiger partial charge in [-0.3, -0.25) is 0 Å². The van der Waals surface area contributed by atoms with Crippen LogP contribution in [0.1, 0.15) is 53.4 Å². The number of ether oxygens (including phenoxy) is 2. The molecule has 1 aliphatic heterocycles. The van der Waals surface area contributed by atoms with Crippen LogP contribution < -0.4 is 0 Å². The molecule has 0 bridgehead atoms. The number of cyclic esters (lactones) is 1. The highest BCUT2D eigenvalue weighted by atomic mass is 28.4. The van der Waals surface area contributed by atoms with Gasteiger partial charge >= 0.3 is 5.97 Å². The number of esters is 1. The first-order chi connectivity index (χ1) is 12.5. The second-order valence-corrected chi connectivity index (χ2v) is 14.1. The molecule has 1 aliphatic carbocycles. The van der Waals surface area contributed by atoms with Crippen LogP contribution in [0.15, 0.2) is 36.6 Å². The van der Waals surface area contributed by atoms with Crippen LogP contribution in [-0.4, -0.2) is 32.6 Å². The highest BCUT2D eigenvalue weighted by Gasteiger charge is 2.42. The molecule has 1 heterocycles. The Morgan fingerprint density at radius 2 is 2.11 bits per heavy atom. The SMILES string of the molecule is C=CCC[C@@]1(C)OC(=O)C=C1OC[C@H]1C=CCC[C@H]1O[Si](C)(C)C(C)(C)C. The Balaban J connectivity index is 2.05. The summed E-state index contributed by atoms with van der Waals surface area (Å²) < 4.78 is 18.3. The van der Waals surface area contributed by atoms with E-state index in [0.29, 0.717) is 18.8 Å². The van der Waals surface area contributed by atoms with Gasteiger partial charge < -0.3 is 13.9 Å². The number of hydrogen-bond acceptors (Lipinski definition) is 4. The fourth-order valence-electron chi connectivity index (χ4n) is 3.23. The summed E-state index contributed by atoms with van der Waals surface area (Å²) in [5.74, 6) is 0.484. The maximum atomic E-state index is 11.8. The minimum absolute atomic E-state index is 0.161. The molecule has 0 aromatic carbocycles. The molecule has 0 spiro atoms. The molecular formula is C22H36O4Si. The molecular weight excluding hydrogens is 356 g/mol. The number of allylic oxidation sites excluding steroid dienone is 2. The van der Waals surface area contributed by atoms with E-state index < -0.39 is 13.9 Å². The van der Waals surface area contributed by atoms with E-state index in [1.807, 2.05) is 13.0 Å². The molecule has 0 saturated carbocycles. The lowest BCUT2D eigenvalue weighted by Crippen LogP contribution is -2.46. The Morgan fingerprint density at radius 3 is 2.74 bits per heavy atom. The third-order valence-electron chi connectivity index (χ3n) is 6.08. The van der Waals surface area contributed by atoms with Crippen LogP contribution in [0.2, 0.25) is 18.1 Å². The summed E-state index contributed by atoms with van der Waals surface area (Å²) in [6.07, 6.45) is 11.4. The van der Waals surface area contributed by atoms with Gasteiger partial charge in [0.25, 0.3) is 0 Å². The van der Waals surface area contributed by atoms with E-state index in [1.54, 1.807) is 0 Å². The van der Waals surface area contributed by atoms with E-state index in [2.05, 4.69) is 52.6 Å². The minimum atomic E-state index is -1.85. The highest BCUT2D eigenvalue weighted by molar-refractivity contribution is 6.74. The van der Waals surface area contributed by atoms with Crippen molar-refractivity contribution in [3.63, 3.8) is 0 Å². The second kappa shape index (κ2) is 8.35. The third-order valence-corrected chi connectivity index (χ3v) is 10.6. The average molecular weight is 393 g/mol. The normalized spacial score (nSPS) is 28.7. The minimum Gasteiger partial charge on any atom is -0.493 e. The van der Waals surface area contributed by atoms with Crippen molar-refractivity contribution in [2.75, 3.05) is 6.61 Å². The van der Waals surface area contributed by atoms with Gasteiger partial charge in [0.15, 0.2) is 13.9 Å². The maximum absolute atomic E-state index is 11.8. The first-order valence-corrected chi connectivity index (χ1v) is 12.9. The van der Waals surface area contributed by atoms with Gasteiger partial charge in [0, 0.05) is 5.92 Å². The third kappa shape index (κ3) is 5.35. The van der Waals surface area contributed by atoms with E-state index >= 15 is 0 Å². The molecule has 0 saturated heterocycles. The van der Waals surface area contributed by atoms with Gasteiger partial charge in [-0.15, -0.1) is 6.58 Å². The summed E-state index contributed by atoms with van der Waals surface area (Å²) in [4.78, 5) is 11.8. The van der Waals surface area contributed by atoms with Crippen LogP contribution in [0, 0.1) is 5.92 Å².